The van der Waals surface area contributed by atoms with Crippen molar-refractivity contribution in [3.8, 4) is 0 Å². The van der Waals surface area contributed by atoms with Gasteiger partial charge >= 0.3 is 18.3 Å². The van der Waals surface area contributed by atoms with Crippen molar-refractivity contribution in [2.75, 3.05) is 22.9 Å². The summed E-state index contributed by atoms with van der Waals surface area (Å²) in [6, 6.07) is 7.57. The molecule has 0 bridgehead atoms. The molecule has 3 aromatic rings. The van der Waals surface area contributed by atoms with Crippen LogP contribution in [0.4, 0.5) is 37.9 Å². The first kappa shape index (κ1) is 33.7. The lowest BCUT2D eigenvalue weighted by Crippen LogP contribution is -2.34. The molecule has 2 aliphatic carbocycles. The Labute approximate surface area is 264 Å². The molecule has 1 heterocycles. The van der Waals surface area contributed by atoms with Crippen LogP contribution in [0.2, 0.25) is 0 Å². The molecule has 46 heavy (non-hydrogen) atoms. The number of aromatic nitrogens is 1. The van der Waals surface area contributed by atoms with Crippen molar-refractivity contribution in [1.82, 2.24) is 5.16 Å². The van der Waals surface area contributed by atoms with Gasteiger partial charge in [0.25, 0.3) is 0 Å². The Morgan fingerprint density at radius 3 is 2.00 bits per heavy atom. The molecule has 250 valence electrons. The molecule has 1 N–H and O–H groups in total. The number of carboxylic acid groups (broad SMARTS) is 1. The number of alkyl halides is 6. The van der Waals surface area contributed by atoms with Gasteiger partial charge in [-0.1, -0.05) is 11.2 Å². The van der Waals surface area contributed by atoms with Crippen LogP contribution < -0.4 is 9.80 Å². The molecule has 6 nitrogen and oxygen atoms in total. The maximum atomic E-state index is 13.7. The van der Waals surface area contributed by atoms with Gasteiger partial charge in [0.05, 0.1) is 22.7 Å². The van der Waals surface area contributed by atoms with E-state index >= 15 is 0 Å². The van der Waals surface area contributed by atoms with E-state index in [9.17, 15) is 36.2 Å². The predicted molar refractivity (Wildman–Crippen MR) is 162 cm³/mol. The van der Waals surface area contributed by atoms with Gasteiger partial charge in [-0.2, -0.15) is 26.3 Å². The van der Waals surface area contributed by atoms with Gasteiger partial charge in [0, 0.05) is 37.9 Å². The molecule has 1 saturated carbocycles. The van der Waals surface area contributed by atoms with Crippen LogP contribution in [0, 0.1) is 18.8 Å². The van der Waals surface area contributed by atoms with Crippen LogP contribution in [0.3, 0.4) is 0 Å². The molecule has 0 spiro atoms. The fraction of sp³-hybridized carbons (Fsp3) is 0.529. The third-order valence-corrected chi connectivity index (χ3v) is 9.25. The number of carbonyl (C=O) groups is 1. The Balaban J connectivity index is 1.51. The van der Waals surface area contributed by atoms with Gasteiger partial charge in [0.1, 0.15) is 0 Å². The smallest absolute Gasteiger partial charge is 0.416 e. The van der Waals surface area contributed by atoms with Crippen LogP contribution >= 0.6 is 0 Å². The minimum Gasteiger partial charge on any atom is -0.481 e. The average molecular weight is 652 g/mol. The largest absolute Gasteiger partial charge is 0.481 e. The lowest BCUT2D eigenvalue weighted by Gasteiger charge is -2.35. The molecule has 1 aromatic heterocycles. The fourth-order valence-electron chi connectivity index (χ4n) is 6.79. The van der Waals surface area contributed by atoms with Crippen molar-refractivity contribution in [3.05, 3.63) is 75.5 Å². The summed E-state index contributed by atoms with van der Waals surface area (Å²) >= 11 is 0. The number of carboxylic acids is 1. The number of aryl methyl sites for hydroxylation is 3. The summed E-state index contributed by atoms with van der Waals surface area (Å²) in [6.45, 7) is 5.03. The minimum absolute atomic E-state index is 0.136. The Morgan fingerprint density at radius 1 is 0.870 bits per heavy atom. The zero-order valence-electron chi connectivity index (χ0n) is 26.0. The van der Waals surface area contributed by atoms with Gasteiger partial charge in [0.2, 0.25) is 5.88 Å². The number of hydrogen-bond acceptors (Lipinski definition) is 5. The first-order valence-corrected chi connectivity index (χ1v) is 15.8. The van der Waals surface area contributed by atoms with Crippen LogP contribution in [0.25, 0.3) is 0 Å². The molecular weight excluding hydrogens is 612 g/mol. The summed E-state index contributed by atoms with van der Waals surface area (Å²) in [7, 11) is 0. The molecule has 0 atom stereocenters. The van der Waals surface area contributed by atoms with E-state index in [-0.39, 0.29) is 36.5 Å². The van der Waals surface area contributed by atoms with Crippen LogP contribution in [-0.2, 0) is 43.1 Å². The number of halogens is 6. The van der Waals surface area contributed by atoms with Crippen molar-refractivity contribution in [2.45, 2.75) is 90.7 Å². The van der Waals surface area contributed by atoms with Crippen molar-refractivity contribution >= 4 is 17.5 Å². The lowest BCUT2D eigenvalue weighted by atomic mass is 9.81. The summed E-state index contributed by atoms with van der Waals surface area (Å²) in [5.41, 5.74) is 1.92. The van der Waals surface area contributed by atoms with Crippen LogP contribution in [-0.4, -0.2) is 29.3 Å². The molecule has 0 unspecified atom stereocenters. The highest BCUT2D eigenvalue weighted by atomic mass is 19.4. The van der Waals surface area contributed by atoms with E-state index in [0.717, 1.165) is 68.5 Å². The first-order valence-electron chi connectivity index (χ1n) is 15.8. The molecule has 2 aliphatic rings. The highest BCUT2D eigenvalue weighted by Gasteiger charge is 2.37. The summed E-state index contributed by atoms with van der Waals surface area (Å²) in [4.78, 5) is 15.4. The van der Waals surface area contributed by atoms with Crippen LogP contribution in [0.15, 0.2) is 40.9 Å². The normalized spacial score (nSPS) is 18.7. The molecule has 2 aromatic carbocycles. The molecule has 1 fully saturated rings. The molecule has 0 saturated heterocycles. The van der Waals surface area contributed by atoms with Crippen LogP contribution in [0.5, 0.6) is 0 Å². The fourth-order valence-corrected chi connectivity index (χ4v) is 6.79. The SMILES string of the molecule is CCN(C[C@H]1CC[C@H](C(=O)O)CC1)c1cc2c(cc1CN(Cc1cc(C(F)(F)F)cc(C(F)(F)F)c1)c1cc(C)no1)CCCC2. The van der Waals surface area contributed by atoms with Gasteiger partial charge in [0.15, 0.2) is 0 Å². The summed E-state index contributed by atoms with van der Waals surface area (Å²) in [6.07, 6.45) is -3.14. The van der Waals surface area contributed by atoms with Gasteiger partial charge in [-0.15, -0.1) is 0 Å². The highest BCUT2D eigenvalue weighted by Crippen LogP contribution is 2.38. The zero-order chi connectivity index (χ0) is 33.2. The number of anilines is 2. The summed E-state index contributed by atoms with van der Waals surface area (Å²) in [5.74, 6) is -0.535. The van der Waals surface area contributed by atoms with Crippen LogP contribution in [0.1, 0.15) is 84.5 Å². The molecule has 0 amide bonds. The zero-order valence-corrected chi connectivity index (χ0v) is 26.0. The lowest BCUT2D eigenvalue weighted by molar-refractivity contribution is -0.144. The third-order valence-electron chi connectivity index (χ3n) is 9.25. The van der Waals surface area contributed by atoms with Crippen molar-refractivity contribution in [3.63, 3.8) is 0 Å². The first-order chi connectivity index (χ1) is 21.7. The van der Waals surface area contributed by atoms with Gasteiger partial charge in [-0.05, 0) is 118 Å². The highest BCUT2D eigenvalue weighted by molar-refractivity contribution is 5.70. The minimum atomic E-state index is -4.96. The molecule has 5 rings (SSSR count). The van der Waals surface area contributed by atoms with E-state index in [0.29, 0.717) is 31.0 Å². The Kier molecular flexibility index (Phi) is 9.93. The second-order valence-electron chi connectivity index (χ2n) is 12.6. The monoisotopic (exact) mass is 651 g/mol. The van der Waals surface area contributed by atoms with Gasteiger partial charge in [-0.25, -0.2) is 0 Å². The number of aliphatic carboxylic acids is 1. The van der Waals surface area contributed by atoms with Gasteiger partial charge in [-0.3, -0.25) is 4.79 Å². The number of nitrogens with zero attached hydrogens (tertiary/aromatic N) is 3. The topological polar surface area (TPSA) is 69.8 Å². The molecular formula is C34H39F6N3O3. The Hall–Kier alpha value is -3.70. The Bertz CT molecular complexity index is 1490. The van der Waals surface area contributed by atoms with E-state index in [1.54, 1.807) is 17.9 Å². The third kappa shape index (κ3) is 7.98. The summed E-state index contributed by atoms with van der Waals surface area (Å²) in [5, 5.41) is 13.4. The Morgan fingerprint density at radius 2 is 1.48 bits per heavy atom. The van der Waals surface area contributed by atoms with Crippen molar-refractivity contribution in [2.24, 2.45) is 11.8 Å². The van der Waals surface area contributed by atoms with Crippen molar-refractivity contribution in [1.29, 1.82) is 0 Å². The van der Waals surface area contributed by atoms with E-state index in [1.165, 1.54) is 11.1 Å². The second kappa shape index (κ2) is 13.6. The number of rotatable bonds is 10. The second-order valence-corrected chi connectivity index (χ2v) is 12.6. The maximum Gasteiger partial charge on any atom is 0.416 e. The van der Waals surface area contributed by atoms with Gasteiger partial charge < -0.3 is 19.4 Å². The average Bonchev–Trinajstić information content (AvgIpc) is 3.44. The maximum absolute atomic E-state index is 13.7. The number of hydrogen-bond donors (Lipinski definition) is 1. The van der Waals surface area contributed by atoms with Crippen molar-refractivity contribution < 1.29 is 40.8 Å². The molecule has 0 aliphatic heterocycles. The standard InChI is InChI=1S/C34H39F6N3O3/c1-3-42(18-22-8-10-24(11-9-22)32(44)45)30-16-26-7-5-4-6-25(26)15-27(30)20-43(31-12-21(2)41-46-31)19-23-13-28(33(35,36)37)17-29(14-23)34(38,39)40/h12-17,22,24H,3-11,18-20H2,1-2H3,(H,44,45)/t22-,24-. The molecule has 0 radical (unpaired) electrons. The predicted octanol–water partition coefficient (Wildman–Crippen LogP) is 8.82. The quantitative estimate of drug-likeness (QED) is 0.221. The van der Waals surface area contributed by atoms with E-state index < -0.39 is 29.4 Å². The summed E-state index contributed by atoms with van der Waals surface area (Å²) < 4.78 is 87.7. The number of fused-ring (bicyclic) bond motifs is 1. The van der Waals surface area contributed by atoms with E-state index in [1.807, 2.05) is 6.92 Å². The molecule has 12 heteroatoms. The number of benzene rings is 2. The van der Waals surface area contributed by atoms with E-state index in [2.05, 4.69) is 22.2 Å². The van der Waals surface area contributed by atoms with E-state index in [4.69, 9.17) is 4.52 Å².